The second kappa shape index (κ2) is 7.44. The number of anilines is 1. The molecule has 1 N–H and O–H groups in total. The lowest BCUT2D eigenvalue weighted by molar-refractivity contribution is -0.135. The van der Waals surface area contributed by atoms with Gasteiger partial charge in [0.15, 0.2) is 5.13 Å². The number of para-hydroxylation sites is 1. The lowest BCUT2D eigenvalue weighted by Gasteiger charge is -2.06. The van der Waals surface area contributed by atoms with Crippen LogP contribution in [0.25, 0.3) is 10.2 Å². The molecule has 0 saturated carbocycles. The van der Waals surface area contributed by atoms with Crippen molar-refractivity contribution in [3.05, 3.63) is 53.6 Å². The van der Waals surface area contributed by atoms with Gasteiger partial charge < -0.3 is 10.1 Å². The number of ether oxygens (including phenoxy) is 1. The van der Waals surface area contributed by atoms with Crippen LogP contribution < -0.4 is 10.1 Å². The SMILES string of the molecule is Cc1ccc(OC(=O)CCC(=O)Nc2nc3ccccc3s2)cc1C. The van der Waals surface area contributed by atoms with Crippen LogP contribution in [0.5, 0.6) is 5.75 Å². The van der Waals surface area contributed by atoms with E-state index in [0.29, 0.717) is 10.9 Å². The van der Waals surface area contributed by atoms with Crippen molar-refractivity contribution in [3.63, 3.8) is 0 Å². The number of amides is 1. The Kier molecular flexibility index (Phi) is 5.09. The molecule has 0 fully saturated rings. The van der Waals surface area contributed by atoms with Gasteiger partial charge in [-0.25, -0.2) is 4.98 Å². The van der Waals surface area contributed by atoms with Gasteiger partial charge in [-0.15, -0.1) is 0 Å². The molecule has 25 heavy (non-hydrogen) atoms. The number of benzene rings is 2. The van der Waals surface area contributed by atoms with Crippen molar-refractivity contribution in [1.82, 2.24) is 4.98 Å². The normalized spacial score (nSPS) is 10.6. The Labute approximate surface area is 149 Å². The summed E-state index contributed by atoms with van der Waals surface area (Å²) < 4.78 is 6.27. The van der Waals surface area contributed by atoms with Gasteiger partial charge in [0.25, 0.3) is 0 Å². The van der Waals surface area contributed by atoms with Crippen LogP contribution >= 0.6 is 11.3 Å². The Bertz CT molecular complexity index is 900. The first-order valence-electron chi connectivity index (χ1n) is 7.94. The third-order valence-electron chi connectivity index (χ3n) is 3.81. The summed E-state index contributed by atoms with van der Waals surface area (Å²) in [6.07, 6.45) is 0.0727. The first-order chi connectivity index (χ1) is 12.0. The molecule has 1 heterocycles. The van der Waals surface area contributed by atoms with Crippen molar-refractivity contribution in [2.75, 3.05) is 5.32 Å². The number of esters is 1. The van der Waals surface area contributed by atoms with Gasteiger partial charge in [0, 0.05) is 6.42 Å². The second-order valence-corrected chi connectivity index (χ2v) is 6.79. The van der Waals surface area contributed by atoms with E-state index in [2.05, 4.69) is 10.3 Å². The van der Waals surface area contributed by atoms with E-state index in [-0.39, 0.29) is 18.7 Å². The predicted octanol–water partition coefficient (Wildman–Crippen LogP) is 4.24. The van der Waals surface area contributed by atoms with E-state index in [1.807, 2.05) is 50.2 Å². The largest absolute Gasteiger partial charge is 0.427 e. The van der Waals surface area contributed by atoms with Crippen LogP contribution in [0.4, 0.5) is 5.13 Å². The van der Waals surface area contributed by atoms with Gasteiger partial charge in [-0.05, 0) is 49.2 Å². The van der Waals surface area contributed by atoms with Crippen molar-refractivity contribution in [2.24, 2.45) is 0 Å². The summed E-state index contributed by atoms with van der Waals surface area (Å²) >= 11 is 1.41. The highest BCUT2D eigenvalue weighted by molar-refractivity contribution is 7.22. The Morgan fingerprint density at radius 3 is 2.64 bits per heavy atom. The number of fused-ring (bicyclic) bond motifs is 1. The van der Waals surface area contributed by atoms with E-state index in [1.54, 1.807) is 6.07 Å². The minimum absolute atomic E-state index is 0.0175. The average Bonchev–Trinajstić information content (AvgIpc) is 2.98. The number of aromatic nitrogens is 1. The Balaban J connectivity index is 1.51. The molecule has 0 atom stereocenters. The van der Waals surface area contributed by atoms with Crippen LogP contribution in [0.2, 0.25) is 0 Å². The van der Waals surface area contributed by atoms with Crippen LogP contribution in [-0.4, -0.2) is 16.9 Å². The maximum absolute atomic E-state index is 12.0. The molecule has 0 bridgehead atoms. The maximum Gasteiger partial charge on any atom is 0.311 e. The van der Waals surface area contributed by atoms with Gasteiger partial charge in [-0.3, -0.25) is 9.59 Å². The van der Waals surface area contributed by atoms with Gasteiger partial charge in [0.05, 0.1) is 16.6 Å². The highest BCUT2D eigenvalue weighted by atomic mass is 32.1. The molecule has 5 nitrogen and oxygen atoms in total. The number of carbonyl (C=O) groups excluding carboxylic acids is 2. The summed E-state index contributed by atoms with van der Waals surface area (Å²) in [7, 11) is 0. The second-order valence-electron chi connectivity index (χ2n) is 5.76. The molecule has 0 aliphatic rings. The Morgan fingerprint density at radius 2 is 1.88 bits per heavy atom. The molecular formula is C19H18N2O3S. The van der Waals surface area contributed by atoms with Crippen molar-refractivity contribution in [1.29, 1.82) is 0 Å². The number of hydrogen-bond donors (Lipinski definition) is 1. The summed E-state index contributed by atoms with van der Waals surface area (Å²) in [6, 6.07) is 13.1. The fraction of sp³-hybridized carbons (Fsp3) is 0.211. The van der Waals surface area contributed by atoms with E-state index in [4.69, 9.17) is 4.74 Å². The van der Waals surface area contributed by atoms with Crippen LogP contribution in [0.3, 0.4) is 0 Å². The van der Waals surface area contributed by atoms with E-state index >= 15 is 0 Å². The molecular weight excluding hydrogens is 336 g/mol. The lowest BCUT2D eigenvalue weighted by Crippen LogP contribution is -2.15. The number of thiazole rings is 1. The number of hydrogen-bond acceptors (Lipinski definition) is 5. The van der Waals surface area contributed by atoms with Crippen molar-refractivity contribution < 1.29 is 14.3 Å². The number of aryl methyl sites for hydroxylation is 2. The molecule has 3 rings (SSSR count). The van der Waals surface area contributed by atoms with E-state index < -0.39 is 5.97 Å². The third-order valence-corrected chi connectivity index (χ3v) is 4.76. The van der Waals surface area contributed by atoms with Crippen molar-refractivity contribution in [3.8, 4) is 5.75 Å². The molecule has 2 aromatic carbocycles. The molecule has 3 aromatic rings. The van der Waals surface area contributed by atoms with Gasteiger partial charge in [-0.2, -0.15) is 0 Å². The van der Waals surface area contributed by atoms with Crippen LogP contribution in [0.15, 0.2) is 42.5 Å². The molecule has 0 saturated heterocycles. The summed E-state index contributed by atoms with van der Waals surface area (Å²) in [4.78, 5) is 28.2. The van der Waals surface area contributed by atoms with Gasteiger partial charge in [0.2, 0.25) is 5.91 Å². The molecule has 0 radical (unpaired) electrons. The molecule has 128 valence electrons. The molecule has 0 unspecified atom stereocenters. The van der Waals surface area contributed by atoms with Crippen LogP contribution in [-0.2, 0) is 9.59 Å². The van der Waals surface area contributed by atoms with Crippen LogP contribution in [0, 0.1) is 13.8 Å². The number of rotatable bonds is 5. The lowest BCUT2D eigenvalue weighted by atomic mass is 10.1. The highest BCUT2D eigenvalue weighted by Crippen LogP contribution is 2.25. The molecule has 6 heteroatoms. The molecule has 1 aromatic heterocycles. The monoisotopic (exact) mass is 354 g/mol. The first kappa shape index (κ1) is 17.1. The average molecular weight is 354 g/mol. The fourth-order valence-electron chi connectivity index (χ4n) is 2.28. The highest BCUT2D eigenvalue weighted by Gasteiger charge is 2.12. The molecule has 0 aliphatic carbocycles. The standard InChI is InChI=1S/C19H18N2O3S/c1-12-7-8-14(11-13(12)2)24-18(23)10-9-17(22)21-19-20-15-5-3-4-6-16(15)25-19/h3-8,11H,9-10H2,1-2H3,(H,20,21,22). The summed E-state index contributed by atoms with van der Waals surface area (Å²) in [5.41, 5.74) is 3.03. The molecule has 0 spiro atoms. The number of nitrogens with zero attached hydrogens (tertiary/aromatic N) is 1. The molecule has 1 amide bonds. The third kappa shape index (κ3) is 4.42. The summed E-state index contributed by atoms with van der Waals surface area (Å²) in [6.45, 7) is 3.95. The van der Waals surface area contributed by atoms with Gasteiger partial charge in [0.1, 0.15) is 5.75 Å². The number of carbonyl (C=O) groups is 2. The predicted molar refractivity (Wildman–Crippen MR) is 99.0 cm³/mol. The zero-order valence-electron chi connectivity index (χ0n) is 14.0. The Morgan fingerprint density at radius 1 is 1.08 bits per heavy atom. The maximum atomic E-state index is 12.0. The van der Waals surface area contributed by atoms with E-state index in [9.17, 15) is 9.59 Å². The minimum Gasteiger partial charge on any atom is -0.427 e. The van der Waals surface area contributed by atoms with E-state index in [0.717, 1.165) is 21.3 Å². The van der Waals surface area contributed by atoms with Crippen molar-refractivity contribution >= 4 is 38.6 Å². The zero-order chi connectivity index (χ0) is 17.8. The van der Waals surface area contributed by atoms with Gasteiger partial charge >= 0.3 is 5.97 Å². The smallest absolute Gasteiger partial charge is 0.311 e. The van der Waals surface area contributed by atoms with Gasteiger partial charge in [-0.1, -0.05) is 29.5 Å². The first-order valence-corrected chi connectivity index (χ1v) is 8.76. The van der Waals surface area contributed by atoms with Crippen molar-refractivity contribution in [2.45, 2.75) is 26.7 Å². The topological polar surface area (TPSA) is 68.3 Å². The zero-order valence-corrected chi connectivity index (χ0v) is 14.9. The summed E-state index contributed by atoms with van der Waals surface area (Å²) in [5.74, 6) is -0.182. The summed E-state index contributed by atoms with van der Waals surface area (Å²) in [5, 5.41) is 3.26. The molecule has 0 aliphatic heterocycles. The van der Waals surface area contributed by atoms with Crippen LogP contribution in [0.1, 0.15) is 24.0 Å². The number of nitrogens with one attached hydrogen (secondary N) is 1. The Hall–Kier alpha value is -2.73. The fourth-order valence-corrected chi connectivity index (χ4v) is 3.16. The van der Waals surface area contributed by atoms with E-state index in [1.165, 1.54) is 11.3 Å². The minimum atomic E-state index is -0.428. The quantitative estimate of drug-likeness (QED) is 0.550.